The van der Waals surface area contributed by atoms with Crippen LogP contribution >= 0.6 is 24.0 Å². The third kappa shape index (κ3) is 6.52. The van der Waals surface area contributed by atoms with Crippen molar-refractivity contribution < 1.29 is 14.3 Å². The van der Waals surface area contributed by atoms with Gasteiger partial charge < -0.3 is 25.6 Å². The molecule has 0 aliphatic carbocycles. The van der Waals surface area contributed by atoms with E-state index in [0.717, 1.165) is 63.1 Å². The lowest BCUT2D eigenvalue weighted by Crippen LogP contribution is -2.47. The van der Waals surface area contributed by atoms with Crippen LogP contribution in [0.3, 0.4) is 0 Å². The summed E-state index contributed by atoms with van der Waals surface area (Å²) in [5, 5.41) is 10.2. The molecule has 0 radical (unpaired) electrons. The average Bonchev–Trinajstić information content (AvgIpc) is 3.20. The molecule has 3 N–H and O–H groups in total. The fourth-order valence-electron chi connectivity index (χ4n) is 5.20. The third-order valence-electron chi connectivity index (χ3n) is 7.33. The number of piperidine rings is 1. The second-order valence-electron chi connectivity index (χ2n) is 9.92. The second-order valence-corrected chi connectivity index (χ2v) is 10.3. The van der Waals surface area contributed by atoms with E-state index in [9.17, 15) is 9.59 Å². The van der Waals surface area contributed by atoms with Crippen molar-refractivity contribution in [2.24, 2.45) is 5.92 Å². The molecule has 0 bridgehead atoms. The Balaban J connectivity index is 0.00000320. The number of anilines is 1. The Bertz CT molecular complexity index is 1120. The molecule has 2 unspecified atom stereocenters. The lowest BCUT2D eigenvalue weighted by atomic mass is 9.93. The molecule has 11 heteroatoms. The normalized spacial score (nSPS) is 20.6. The monoisotopic (exact) mass is 548 g/mol. The van der Waals surface area contributed by atoms with Gasteiger partial charge in [0.1, 0.15) is 6.54 Å². The molecule has 3 aliphatic rings. The molecule has 0 saturated carbocycles. The van der Waals surface area contributed by atoms with E-state index >= 15 is 0 Å². The van der Waals surface area contributed by atoms with Crippen LogP contribution < -0.4 is 16.0 Å². The molecule has 1 aromatic heterocycles. The van der Waals surface area contributed by atoms with Crippen molar-refractivity contribution in [3.63, 3.8) is 0 Å². The number of nitrogens with one attached hydrogen (secondary N) is 3. The van der Waals surface area contributed by atoms with Crippen molar-refractivity contribution in [1.29, 1.82) is 0 Å². The van der Waals surface area contributed by atoms with E-state index < -0.39 is 0 Å². The quantitative estimate of drug-likeness (QED) is 0.487. The maximum Gasteiger partial charge on any atom is 0.254 e. The van der Waals surface area contributed by atoms with Gasteiger partial charge in [0, 0.05) is 43.0 Å². The summed E-state index contributed by atoms with van der Waals surface area (Å²) in [6, 6.07) is 5.98. The highest BCUT2D eigenvalue weighted by Gasteiger charge is 2.30. The molecular formula is C26H34Cl2N6O3. The molecule has 2 atom stereocenters. The number of hydrogen-bond donors (Lipinski definition) is 3. The number of carbonyl (C=O) groups is 2. The van der Waals surface area contributed by atoms with Crippen LogP contribution in [0.25, 0.3) is 11.3 Å². The topological polar surface area (TPSA) is 108 Å². The number of ether oxygens (including phenoxy) is 1. The number of hydrogen-bond acceptors (Lipinski definition) is 7. The van der Waals surface area contributed by atoms with Crippen molar-refractivity contribution in [2.45, 2.75) is 51.2 Å². The van der Waals surface area contributed by atoms with Crippen LogP contribution in [-0.4, -0.2) is 71.6 Å². The Morgan fingerprint density at radius 2 is 2.11 bits per heavy atom. The molecule has 2 saturated heterocycles. The summed E-state index contributed by atoms with van der Waals surface area (Å²) in [6.07, 6.45) is 5.60. The summed E-state index contributed by atoms with van der Waals surface area (Å²) < 4.78 is 5.42. The van der Waals surface area contributed by atoms with Crippen molar-refractivity contribution in [3.8, 4) is 11.3 Å². The molecule has 0 spiro atoms. The summed E-state index contributed by atoms with van der Waals surface area (Å²) in [4.78, 5) is 36.4. The standard InChI is InChI=1S/C26H33ClN6O3.ClH/c1-16(18-3-2-8-28-12-18)30-23(34)15-33-14-19-5-4-17(11-21(19)25(33)35)24-22(27)13-29-26(32-24)31-20-6-9-36-10-7-20;/h4-5,11,13,16,18,20,28H,2-3,6-10,12,14-15H2,1H3,(H,30,34)(H,29,31,32);1H. The van der Waals surface area contributed by atoms with E-state index in [4.69, 9.17) is 16.3 Å². The van der Waals surface area contributed by atoms with Gasteiger partial charge in [-0.15, -0.1) is 12.4 Å². The molecule has 9 nitrogen and oxygen atoms in total. The number of amides is 2. The highest BCUT2D eigenvalue weighted by molar-refractivity contribution is 6.33. The minimum absolute atomic E-state index is 0. The van der Waals surface area contributed by atoms with Gasteiger partial charge in [0.25, 0.3) is 5.91 Å². The molecule has 4 heterocycles. The molecular weight excluding hydrogens is 515 g/mol. The highest BCUT2D eigenvalue weighted by atomic mass is 35.5. The van der Waals surface area contributed by atoms with Crippen LogP contribution in [-0.2, 0) is 16.1 Å². The lowest BCUT2D eigenvalue weighted by Gasteiger charge is -2.29. The van der Waals surface area contributed by atoms with Crippen LogP contribution in [0.4, 0.5) is 5.95 Å². The molecule has 37 heavy (non-hydrogen) atoms. The van der Waals surface area contributed by atoms with Gasteiger partial charge in [0.15, 0.2) is 0 Å². The van der Waals surface area contributed by atoms with Crippen molar-refractivity contribution in [1.82, 2.24) is 25.5 Å². The molecule has 3 aliphatic heterocycles. The van der Waals surface area contributed by atoms with Crippen molar-refractivity contribution >= 4 is 41.8 Å². The maximum atomic E-state index is 13.2. The minimum Gasteiger partial charge on any atom is -0.381 e. The fraction of sp³-hybridized carbons (Fsp3) is 0.538. The molecule has 2 fully saturated rings. The number of benzene rings is 1. The highest BCUT2D eigenvalue weighted by Crippen LogP contribution is 2.31. The fourth-order valence-corrected chi connectivity index (χ4v) is 5.40. The first kappa shape index (κ1) is 27.6. The Morgan fingerprint density at radius 3 is 2.86 bits per heavy atom. The predicted molar refractivity (Wildman–Crippen MR) is 145 cm³/mol. The van der Waals surface area contributed by atoms with Crippen LogP contribution in [0.5, 0.6) is 0 Å². The predicted octanol–water partition coefficient (Wildman–Crippen LogP) is 3.27. The van der Waals surface area contributed by atoms with E-state index in [1.165, 1.54) is 0 Å². The summed E-state index contributed by atoms with van der Waals surface area (Å²) in [5.41, 5.74) is 2.79. The Kier molecular flexibility index (Phi) is 9.23. The zero-order chi connectivity index (χ0) is 25.1. The molecule has 2 aromatic rings. The zero-order valence-electron chi connectivity index (χ0n) is 21.0. The number of carbonyl (C=O) groups excluding carboxylic acids is 2. The number of rotatable bonds is 7. The first-order valence-corrected chi connectivity index (χ1v) is 13.1. The number of aromatic nitrogens is 2. The average molecular weight is 550 g/mol. The maximum absolute atomic E-state index is 13.2. The first-order chi connectivity index (χ1) is 17.5. The van der Waals surface area contributed by atoms with Gasteiger partial charge in [-0.2, -0.15) is 0 Å². The molecule has 200 valence electrons. The van der Waals surface area contributed by atoms with E-state index in [1.807, 2.05) is 25.1 Å². The first-order valence-electron chi connectivity index (χ1n) is 12.8. The van der Waals surface area contributed by atoms with Gasteiger partial charge in [0.05, 0.1) is 16.9 Å². The van der Waals surface area contributed by atoms with Gasteiger partial charge in [-0.1, -0.05) is 23.7 Å². The van der Waals surface area contributed by atoms with Crippen LogP contribution in [0.2, 0.25) is 5.02 Å². The summed E-state index contributed by atoms with van der Waals surface area (Å²) in [7, 11) is 0. The Morgan fingerprint density at radius 1 is 1.30 bits per heavy atom. The van der Waals surface area contributed by atoms with E-state index in [-0.39, 0.29) is 42.8 Å². The molecule has 1 aromatic carbocycles. The largest absolute Gasteiger partial charge is 0.381 e. The van der Waals surface area contributed by atoms with Crippen molar-refractivity contribution in [3.05, 3.63) is 40.5 Å². The van der Waals surface area contributed by atoms with Gasteiger partial charge in [0.2, 0.25) is 11.9 Å². The van der Waals surface area contributed by atoms with Crippen LogP contribution in [0.1, 0.15) is 48.5 Å². The van der Waals surface area contributed by atoms with Gasteiger partial charge in [-0.3, -0.25) is 9.59 Å². The van der Waals surface area contributed by atoms with Crippen molar-refractivity contribution in [2.75, 3.05) is 38.2 Å². The van der Waals surface area contributed by atoms with Gasteiger partial charge >= 0.3 is 0 Å². The smallest absolute Gasteiger partial charge is 0.254 e. The summed E-state index contributed by atoms with van der Waals surface area (Å²) in [5.74, 6) is 0.644. The van der Waals surface area contributed by atoms with E-state index in [2.05, 4.69) is 25.9 Å². The van der Waals surface area contributed by atoms with Gasteiger partial charge in [-0.25, -0.2) is 9.97 Å². The SMILES string of the molecule is CC(NC(=O)CN1Cc2ccc(-c3nc(NC4CCOCC4)ncc3Cl)cc2C1=O)C1CCCNC1.Cl. The summed E-state index contributed by atoms with van der Waals surface area (Å²) >= 11 is 6.45. The number of fused-ring (bicyclic) bond motifs is 1. The third-order valence-corrected chi connectivity index (χ3v) is 7.60. The minimum atomic E-state index is -0.153. The second kappa shape index (κ2) is 12.4. The lowest BCUT2D eigenvalue weighted by molar-refractivity contribution is -0.122. The van der Waals surface area contributed by atoms with Crippen LogP contribution in [0, 0.1) is 5.92 Å². The Labute approximate surface area is 228 Å². The zero-order valence-corrected chi connectivity index (χ0v) is 22.5. The number of halogens is 2. The number of nitrogens with zero attached hydrogens (tertiary/aromatic N) is 3. The van der Waals surface area contributed by atoms with E-state index in [1.54, 1.807) is 11.1 Å². The van der Waals surface area contributed by atoms with Crippen LogP contribution in [0.15, 0.2) is 24.4 Å². The van der Waals surface area contributed by atoms with E-state index in [0.29, 0.717) is 34.7 Å². The Hall–Kier alpha value is -2.46. The van der Waals surface area contributed by atoms with Gasteiger partial charge in [-0.05, 0) is 63.2 Å². The molecule has 5 rings (SSSR count). The molecule has 2 amide bonds. The summed E-state index contributed by atoms with van der Waals surface area (Å²) in [6.45, 7) is 5.88.